The summed E-state index contributed by atoms with van der Waals surface area (Å²) in [4.78, 5) is 8.55. The maximum absolute atomic E-state index is 5.90. The monoisotopic (exact) mass is 357 g/mol. The van der Waals surface area contributed by atoms with Gasteiger partial charge in [0.2, 0.25) is 0 Å². The van der Waals surface area contributed by atoms with E-state index in [1.807, 2.05) is 24.4 Å². The van der Waals surface area contributed by atoms with E-state index in [0.717, 1.165) is 47.0 Å². The van der Waals surface area contributed by atoms with Crippen LogP contribution in [0.25, 0.3) is 10.2 Å². The van der Waals surface area contributed by atoms with Crippen molar-refractivity contribution in [3.8, 4) is 5.75 Å². The van der Waals surface area contributed by atoms with Crippen LogP contribution in [0.3, 0.4) is 0 Å². The topological polar surface area (TPSA) is 56.3 Å². The standard InChI is InChI=1S/C19H23N3O2S/c1-3-23-9-6-15-4-5-17(14(2)12-15)24-10-8-20-19-18-16(7-11-25-18)21-13-22-19/h4-5,7,11-13H,3,6,8-10H2,1-2H3,(H,20,21,22). The molecule has 2 aromatic heterocycles. The Bertz CT molecular complexity index is 819. The summed E-state index contributed by atoms with van der Waals surface area (Å²) in [5.74, 6) is 1.79. The highest BCUT2D eigenvalue weighted by atomic mass is 32.1. The van der Waals surface area contributed by atoms with E-state index in [1.54, 1.807) is 17.7 Å². The number of benzene rings is 1. The van der Waals surface area contributed by atoms with Gasteiger partial charge in [0.1, 0.15) is 24.5 Å². The van der Waals surface area contributed by atoms with E-state index < -0.39 is 0 Å². The summed E-state index contributed by atoms with van der Waals surface area (Å²) in [5.41, 5.74) is 3.40. The van der Waals surface area contributed by atoms with Gasteiger partial charge >= 0.3 is 0 Å². The number of thiophene rings is 1. The molecule has 0 aliphatic heterocycles. The minimum absolute atomic E-state index is 0.579. The number of rotatable bonds is 9. The summed E-state index contributed by atoms with van der Waals surface area (Å²) in [6.07, 6.45) is 2.52. The molecule has 0 radical (unpaired) electrons. The highest BCUT2D eigenvalue weighted by Gasteiger charge is 2.05. The minimum Gasteiger partial charge on any atom is -0.491 e. The van der Waals surface area contributed by atoms with Crippen molar-refractivity contribution in [1.82, 2.24) is 9.97 Å². The van der Waals surface area contributed by atoms with E-state index in [9.17, 15) is 0 Å². The molecular formula is C19H23N3O2S. The van der Waals surface area contributed by atoms with E-state index >= 15 is 0 Å². The molecule has 0 aliphatic rings. The van der Waals surface area contributed by atoms with Gasteiger partial charge in [0.25, 0.3) is 0 Å². The molecule has 0 saturated carbocycles. The summed E-state index contributed by atoms with van der Waals surface area (Å²) in [7, 11) is 0. The van der Waals surface area contributed by atoms with Crippen LogP contribution in [0.2, 0.25) is 0 Å². The first kappa shape index (κ1) is 17.6. The van der Waals surface area contributed by atoms with Crippen molar-refractivity contribution in [1.29, 1.82) is 0 Å². The summed E-state index contributed by atoms with van der Waals surface area (Å²) < 4.78 is 12.4. The molecule has 1 N–H and O–H groups in total. The molecule has 1 aromatic carbocycles. The Hall–Kier alpha value is -2.18. The van der Waals surface area contributed by atoms with Crippen LogP contribution >= 0.6 is 11.3 Å². The van der Waals surface area contributed by atoms with Crippen LogP contribution in [0.15, 0.2) is 36.0 Å². The summed E-state index contributed by atoms with van der Waals surface area (Å²) >= 11 is 1.64. The van der Waals surface area contributed by atoms with Crippen molar-refractivity contribution in [2.75, 3.05) is 31.7 Å². The summed E-state index contributed by atoms with van der Waals surface area (Å²) in [6, 6.07) is 8.31. The Balaban J connectivity index is 1.49. The van der Waals surface area contributed by atoms with E-state index in [2.05, 4.69) is 34.3 Å². The van der Waals surface area contributed by atoms with Crippen molar-refractivity contribution < 1.29 is 9.47 Å². The van der Waals surface area contributed by atoms with Crippen LogP contribution in [0.1, 0.15) is 18.1 Å². The number of nitrogens with one attached hydrogen (secondary N) is 1. The Kier molecular flexibility index (Phi) is 6.19. The maximum atomic E-state index is 5.90. The third kappa shape index (κ3) is 4.67. The maximum Gasteiger partial charge on any atom is 0.147 e. The highest BCUT2D eigenvalue weighted by Crippen LogP contribution is 2.24. The molecule has 0 fully saturated rings. The minimum atomic E-state index is 0.579. The molecule has 6 heteroatoms. The van der Waals surface area contributed by atoms with Gasteiger partial charge in [-0.3, -0.25) is 0 Å². The SMILES string of the molecule is CCOCCc1ccc(OCCNc2ncnc3ccsc23)c(C)c1. The quantitative estimate of drug-likeness (QED) is 0.585. The molecule has 0 amide bonds. The molecule has 0 bridgehead atoms. The molecule has 25 heavy (non-hydrogen) atoms. The number of aromatic nitrogens is 2. The van der Waals surface area contributed by atoms with Crippen molar-refractivity contribution in [3.05, 3.63) is 47.1 Å². The van der Waals surface area contributed by atoms with E-state index in [1.165, 1.54) is 5.56 Å². The van der Waals surface area contributed by atoms with Gasteiger partial charge < -0.3 is 14.8 Å². The number of nitrogens with zero attached hydrogens (tertiary/aromatic N) is 2. The van der Waals surface area contributed by atoms with Gasteiger partial charge in [0.05, 0.1) is 23.4 Å². The molecule has 2 heterocycles. The molecule has 0 saturated heterocycles. The van der Waals surface area contributed by atoms with Crippen LogP contribution in [0.5, 0.6) is 5.75 Å². The Morgan fingerprint density at radius 2 is 2.08 bits per heavy atom. The molecule has 0 aliphatic carbocycles. The highest BCUT2D eigenvalue weighted by molar-refractivity contribution is 7.17. The number of fused-ring (bicyclic) bond motifs is 1. The molecule has 0 unspecified atom stereocenters. The summed E-state index contributed by atoms with van der Waals surface area (Å²) in [5, 5.41) is 5.35. The van der Waals surface area contributed by atoms with Gasteiger partial charge in [0, 0.05) is 6.61 Å². The van der Waals surface area contributed by atoms with E-state index in [0.29, 0.717) is 13.2 Å². The molecule has 0 spiro atoms. The largest absolute Gasteiger partial charge is 0.491 e. The molecule has 132 valence electrons. The molecular weight excluding hydrogens is 334 g/mol. The Labute approximate surface area is 152 Å². The molecule has 3 aromatic rings. The second kappa shape index (κ2) is 8.78. The zero-order valence-corrected chi connectivity index (χ0v) is 15.4. The lowest BCUT2D eigenvalue weighted by atomic mass is 10.1. The normalized spacial score (nSPS) is 11.0. The predicted octanol–water partition coefficient (Wildman–Crippen LogP) is 4.07. The Morgan fingerprint density at radius 3 is 2.92 bits per heavy atom. The first-order valence-corrected chi connectivity index (χ1v) is 9.38. The van der Waals surface area contributed by atoms with Crippen LogP contribution in [-0.2, 0) is 11.2 Å². The van der Waals surface area contributed by atoms with Crippen molar-refractivity contribution in [2.45, 2.75) is 20.3 Å². The van der Waals surface area contributed by atoms with Crippen molar-refractivity contribution >= 4 is 27.4 Å². The average molecular weight is 357 g/mol. The van der Waals surface area contributed by atoms with Gasteiger partial charge in [-0.25, -0.2) is 9.97 Å². The van der Waals surface area contributed by atoms with Crippen molar-refractivity contribution in [3.63, 3.8) is 0 Å². The lowest BCUT2D eigenvalue weighted by Gasteiger charge is -2.12. The number of aryl methyl sites for hydroxylation is 1. The number of ether oxygens (including phenoxy) is 2. The third-order valence-corrected chi connectivity index (χ3v) is 4.78. The lowest BCUT2D eigenvalue weighted by Crippen LogP contribution is -2.13. The fraction of sp³-hybridized carbons (Fsp3) is 0.368. The van der Waals surface area contributed by atoms with Gasteiger partial charge in [-0.05, 0) is 48.9 Å². The first-order valence-electron chi connectivity index (χ1n) is 8.50. The lowest BCUT2D eigenvalue weighted by molar-refractivity contribution is 0.151. The second-order valence-electron chi connectivity index (χ2n) is 5.68. The number of hydrogen-bond acceptors (Lipinski definition) is 6. The zero-order chi connectivity index (χ0) is 17.5. The fourth-order valence-electron chi connectivity index (χ4n) is 2.61. The molecule has 3 rings (SSSR count). The van der Waals surface area contributed by atoms with Crippen LogP contribution in [-0.4, -0.2) is 36.3 Å². The smallest absolute Gasteiger partial charge is 0.147 e. The average Bonchev–Trinajstić information content (AvgIpc) is 3.10. The van der Waals surface area contributed by atoms with E-state index in [4.69, 9.17) is 9.47 Å². The van der Waals surface area contributed by atoms with Crippen LogP contribution in [0.4, 0.5) is 5.82 Å². The molecule has 5 nitrogen and oxygen atoms in total. The fourth-order valence-corrected chi connectivity index (χ4v) is 3.42. The van der Waals surface area contributed by atoms with E-state index in [-0.39, 0.29) is 0 Å². The van der Waals surface area contributed by atoms with Gasteiger partial charge in [0.15, 0.2) is 0 Å². The number of hydrogen-bond donors (Lipinski definition) is 1. The van der Waals surface area contributed by atoms with Gasteiger partial charge in [-0.1, -0.05) is 12.1 Å². The van der Waals surface area contributed by atoms with Crippen LogP contribution < -0.4 is 10.1 Å². The first-order chi connectivity index (χ1) is 12.3. The second-order valence-corrected chi connectivity index (χ2v) is 6.60. The predicted molar refractivity (Wildman–Crippen MR) is 103 cm³/mol. The van der Waals surface area contributed by atoms with Gasteiger partial charge in [-0.15, -0.1) is 11.3 Å². The van der Waals surface area contributed by atoms with Gasteiger partial charge in [-0.2, -0.15) is 0 Å². The zero-order valence-electron chi connectivity index (χ0n) is 14.6. The Morgan fingerprint density at radius 1 is 1.16 bits per heavy atom. The number of anilines is 1. The summed E-state index contributed by atoms with van der Waals surface area (Å²) in [6.45, 7) is 6.88. The third-order valence-electron chi connectivity index (χ3n) is 3.87. The van der Waals surface area contributed by atoms with Crippen LogP contribution in [0, 0.1) is 6.92 Å². The molecule has 0 atom stereocenters. The van der Waals surface area contributed by atoms with Crippen molar-refractivity contribution in [2.24, 2.45) is 0 Å².